The van der Waals surface area contributed by atoms with Crippen LogP contribution in [0.2, 0.25) is 0 Å². The second-order valence-electron chi connectivity index (χ2n) is 7.09. The highest BCUT2D eigenvalue weighted by Crippen LogP contribution is 2.42. The fraction of sp³-hybridized carbons (Fsp3) is 0.364. The number of H-pyrrole nitrogens is 1. The number of aromatic amines is 1. The van der Waals surface area contributed by atoms with Crippen LogP contribution in [-0.4, -0.2) is 32.9 Å². The lowest BCUT2D eigenvalue weighted by Gasteiger charge is -2.25. The Labute approximate surface area is 173 Å². The maximum absolute atomic E-state index is 5.68. The van der Waals surface area contributed by atoms with Gasteiger partial charge in [-0.3, -0.25) is 0 Å². The van der Waals surface area contributed by atoms with Crippen molar-refractivity contribution in [2.75, 3.05) is 27.9 Å². The van der Waals surface area contributed by atoms with Crippen LogP contribution in [0, 0.1) is 6.92 Å². The standard InChI is InChI=1S/C22H25BrN2O3/c1-12-5-7-14-15-9-10-24-16(19(15)25-20(14)18(12)23)11-13-6-8-17(26-2)22(28-4)21(13)27-3/h5-8,16,24-25H,9-11H2,1-4H3. The van der Waals surface area contributed by atoms with Gasteiger partial charge in [-0.2, -0.15) is 0 Å². The lowest BCUT2D eigenvalue weighted by molar-refractivity contribution is 0.321. The Morgan fingerprint density at radius 1 is 1.04 bits per heavy atom. The molecule has 0 saturated heterocycles. The van der Waals surface area contributed by atoms with Crippen molar-refractivity contribution in [2.24, 2.45) is 0 Å². The molecule has 0 bridgehead atoms. The zero-order chi connectivity index (χ0) is 19.8. The number of halogens is 1. The van der Waals surface area contributed by atoms with E-state index in [0.717, 1.165) is 35.2 Å². The van der Waals surface area contributed by atoms with Gasteiger partial charge in [0.05, 0.1) is 32.9 Å². The number of aromatic nitrogens is 1. The number of rotatable bonds is 5. The Morgan fingerprint density at radius 3 is 2.54 bits per heavy atom. The van der Waals surface area contributed by atoms with Crippen LogP contribution in [-0.2, 0) is 12.8 Å². The summed E-state index contributed by atoms with van der Waals surface area (Å²) in [6.07, 6.45) is 1.81. The molecule has 5 nitrogen and oxygen atoms in total. The van der Waals surface area contributed by atoms with Crippen molar-refractivity contribution >= 4 is 26.8 Å². The largest absolute Gasteiger partial charge is 0.493 e. The molecular formula is C22H25BrN2O3. The van der Waals surface area contributed by atoms with Crippen molar-refractivity contribution in [3.8, 4) is 17.2 Å². The van der Waals surface area contributed by atoms with Gasteiger partial charge >= 0.3 is 0 Å². The van der Waals surface area contributed by atoms with Gasteiger partial charge in [0, 0.05) is 21.1 Å². The number of hydrogen-bond acceptors (Lipinski definition) is 4. The molecule has 0 fully saturated rings. The summed E-state index contributed by atoms with van der Waals surface area (Å²) < 4.78 is 17.8. The van der Waals surface area contributed by atoms with Crippen molar-refractivity contribution in [3.05, 3.63) is 51.1 Å². The quantitative estimate of drug-likeness (QED) is 0.598. The van der Waals surface area contributed by atoms with E-state index in [1.54, 1.807) is 21.3 Å². The topological polar surface area (TPSA) is 55.5 Å². The Bertz CT molecular complexity index is 1030. The summed E-state index contributed by atoms with van der Waals surface area (Å²) in [5.41, 5.74) is 6.15. The minimum Gasteiger partial charge on any atom is -0.493 e. The van der Waals surface area contributed by atoms with E-state index >= 15 is 0 Å². The molecule has 2 aromatic carbocycles. The first kappa shape index (κ1) is 19.2. The van der Waals surface area contributed by atoms with Crippen LogP contribution < -0.4 is 19.5 Å². The van der Waals surface area contributed by atoms with Crippen molar-refractivity contribution in [1.82, 2.24) is 10.3 Å². The van der Waals surface area contributed by atoms with E-state index in [2.05, 4.69) is 51.4 Å². The summed E-state index contributed by atoms with van der Waals surface area (Å²) in [6, 6.07) is 8.57. The molecule has 1 atom stereocenters. The predicted molar refractivity (Wildman–Crippen MR) is 115 cm³/mol. The maximum Gasteiger partial charge on any atom is 0.203 e. The summed E-state index contributed by atoms with van der Waals surface area (Å²) in [6.45, 7) is 3.07. The second-order valence-corrected chi connectivity index (χ2v) is 7.88. The summed E-state index contributed by atoms with van der Waals surface area (Å²) in [4.78, 5) is 3.68. The fourth-order valence-electron chi connectivity index (χ4n) is 4.17. The van der Waals surface area contributed by atoms with Crippen LogP contribution in [0.5, 0.6) is 17.2 Å². The predicted octanol–water partition coefficient (Wildman–Crippen LogP) is 4.69. The van der Waals surface area contributed by atoms with Crippen LogP contribution in [0.25, 0.3) is 10.9 Å². The third kappa shape index (κ3) is 3.05. The monoisotopic (exact) mass is 444 g/mol. The average molecular weight is 445 g/mol. The van der Waals surface area contributed by atoms with E-state index in [-0.39, 0.29) is 6.04 Å². The fourth-order valence-corrected chi connectivity index (χ4v) is 4.61. The van der Waals surface area contributed by atoms with E-state index in [1.165, 1.54) is 27.7 Å². The Kier molecular flexibility index (Phi) is 5.25. The van der Waals surface area contributed by atoms with Gasteiger partial charge in [0.25, 0.3) is 0 Å². The number of ether oxygens (including phenoxy) is 3. The van der Waals surface area contributed by atoms with Crippen molar-refractivity contribution in [1.29, 1.82) is 0 Å². The van der Waals surface area contributed by atoms with Gasteiger partial charge in [0.1, 0.15) is 0 Å². The van der Waals surface area contributed by atoms with Gasteiger partial charge in [0.15, 0.2) is 11.5 Å². The summed E-state index contributed by atoms with van der Waals surface area (Å²) >= 11 is 3.75. The molecule has 2 N–H and O–H groups in total. The molecule has 1 aromatic heterocycles. The molecule has 0 aliphatic carbocycles. The van der Waals surface area contributed by atoms with Gasteiger partial charge in [-0.1, -0.05) is 18.2 Å². The number of aryl methyl sites for hydroxylation is 1. The normalized spacial score (nSPS) is 16.1. The lowest BCUT2D eigenvalue weighted by atomic mass is 9.94. The van der Waals surface area contributed by atoms with Gasteiger partial charge in [-0.15, -0.1) is 0 Å². The van der Waals surface area contributed by atoms with Gasteiger partial charge in [-0.25, -0.2) is 0 Å². The summed E-state index contributed by atoms with van der Waals surface area (Å²) in [7, 11) is 4.94. The maximum atomic E-state index is 5.68. The average Bonchev–Trinajstić information content (AvgIpc) is 3.10. The van der Waals surface area contributed by atoms with E-state index in [1.807, 2.05) is 6.07 Å². The Hall–Kier alpha value is -2.18. The molecule has 2 heterocycles. The molecule has 6 heteroatoms. The third-order valence-corrected chi connectivity index (χ3v) is 6.59. The molecule has 0 saturated carbocycles. The molecule has 0 spiro atoms. The van der Waals surface area contributed by atoms with Crippen LogP contribution in [0.3, 0.4) is 0 Å². The van der Waals surface area contributed by atoms with Gasteiger partial charge < -0.3 is 24.5 Å². The minimum absolute atomic E-state index is 0.176. The first-order chi connectivity index (χ1) is 13.6. The molecule has 0 amide bonds. The molecule has 0 radical (unpaired) electrons. The van der Waals surface area contributed by atoms with E-state index in [4.69, 9.17) is 14.2 Å². The molecule has 1 unspecified atom stereocenters. The van der Waals surface area contributed by atoms with E-state index < -0.39 is 0 Å². The summed E-state index contributed by atoms with van der Waals surface area (Å²) in [5.74, 6) is 2.03. The lowest BCUT2D eigenvalue weighted by Crippen LogP contribution is -2.31. The SMILES string of the molecule is COc1ccc(CC2NCCc3c2[nH]c2c(Br)c(C)ccc32)c(OC)c1OC. The van der Waals surface area contributed by atoms with E-state index in [0.29, 0.717) is 11.5 Å². The molecule has 4 rings (SSSR count). The van der Waals surface area contributed by atoms with Crippen LogP contribution in [0.1, 0.15) is 28.4 Å². The number of fused-ring (bicyclic) bond motifs is 3. The van der Waals surface area contributed by atoms with Crippen LogP contribution >= 0.6 is 15.9 Å². The van der Waals surface area contributed by atoms with Gasteiger partial charge in [0.2, 0.25) is 5.75 Å². The highest BCUT2D eigenvalue weighted by molar-refractivity contribution is 9.10. The number of hydrogen-bond donors (Lipinski definition) is 2. The Balaban J connectivity index is 1.77. The number of methoxy groups -OCH3 is 3. The van der Waals surface area contributed by atoms with Crippen LogP contribution in [0.4, 0.5) is 0 Å². The second kappa shape index (κ2) is 7.68. The molecule has 148 valence electrons. The first-order valence-corrected chi connectivity index (χ1v) is 10.2. The van der Waals surface area contributed by atoms with Gasteiger partial charge in [-0.05, 0) is 59.4 Å². The van der Waals surface area contributed by atoms with Crippen LogP contribution in [0.15, 0.2) is 28.7 Å². The highest BCUT2D eigenvalue weighted by Gasteiger charge is 2.27. The summed E-state index contributed by atoms with van der Waals surface area (Å²) in [5, 5.41) is 4.97. The van der Waals surface area contributed by atoms with E-state index in [9.17, 15) is 0 Å². The smallest absolute Gasteiger partial charge is 0.203 e. The molecular weight excluding hydrogens is 420 g/mol. The first-order valence-electron chi connectivity index (χ1n) is 9.39. The van der Waals surface area contributed by atoms with Crippen molar-refractivity contribution in [2.45, 2.75) is 25.8 Å². The minimum atomic E-state index is 0.176. The molecule has 1 aliphatic heterocycles. The Morgan fingerprint density at radius 2 is 1.82 bits per heavy atom. The van der Waals surface area contributed by atoms with Crippen molar-refractivity contribution < 1.29 is 14.2 Å². The zero-order valence-electron chi connectivity index (χ0n) is 16.6. The molecule has 1 aliphatic rings. The molecule has 28 heavy (non-hydrogen) atoms. The number of nitrogens with one attached hydrogen (secondary N) is 2. The highest BCUT2D eigenvalue weighted by atomic mass is 79.9. The third-order valence-electron chi connectivity index (χ3n) is 5.57. The number of benzene rings is 2. The zero-order valence-corrected chi connectivity index (χ0v) is 18.2. The van der Waals surface area contributed by atoms with Crippen molar-refractivity contribution in [3.63, 3.8) is 0 Å². The molecule has 3 aromatic rings.